The Labute approximate surface area is 115 Å². The normalized spacial score (nSPS) is 10.4. The number of amides is 1. The summed E-state index contributed by atoms with van der Waals surface area (Å²) in [4.78, 5) is 23.3. The van der Waals surface area contributed by atoms with Crippen LogP contribution in [0.1, 0.15) is 10.5 Å². The molecule has 3 rings (SSSR count). The number of aromatic amines is 1. The SMILES string of the molecule is CNc1nc(C(=O)Nc2ncc[nH]2)cc2ccccc12. The van der Waals surface area contributed by atoms with Gasteiger partial charge in [0, 0.05) is 24.8 Å². The van der Waals surface area contributed by atoms with Crippen LogP contribution in [0.4, 0.5) is 11.8 Å². The van der Waals surface area contributed by atoms with Gasteiger partial charge in [-0.05, 0) is 11.5 Å². The number of H-pyrrole nitrogens is 1. The Hall–Kier alpha value is -2.89. The molecule has 0 unspecified atom stereocenters. The van der Waals surface area contributed by atoms with Crippen molar-refractivity contribution in [1.29, 1.82) is 0 Å². The summed E-state index contributed by atoms with van der Waals surface area (Å²) < 4.78 is 0. The number of benzene rings is 1. The molecule has 0 aliphatic heterocycles. The standard InChI is InChI=1S/C14H13N5O/c1-15-12-10-5-3-2-4-9(10)8-11(18-12)13(20)19-14-16-6-7-17-14/h2-8H,1H3,(H,15,18)(H2,16,17,19,20). The predicted molar refractivity (Wildman–Crippen MR) is 77.8 cm³/mol. The number of nitrogens with zero attached hydrogens (tertiary/aromatic N) is 2. The van der Waals surface area contributed by atoms with Crippen LogP contribution in [0.2, 0.25) is 0 Å². The average molecular weight is 267 g/mol. The van der Waals surface area contributed by atoms with Crippen molar-refractivity contribution in [2.45, 2.75) is 0 Å². The third kappa shape index (κ3) is 2.18. The van der Waals surface area contributed by atoms with Gasteiger partial charge in [0.2, 0.25) is 5.95 Å². The maximum atomic E-state index is 12.2. The fraction of sp³-hybridized carbons (Fsp3) is 0.0714. The van der Waals surface area contributed by atoms with Crippen molar-refractivity contribution in [3.63, 3.8) is 0 Å². The predicted octanol–water partition coefficient (Wildman–Crippen LogP) is 2.25. The van der Waals surface area contributed by atoms with Crippen LogP contribution in [0.3, 0.4) is 0 Å². The Morgan fingerprint density at radius 3 is 2.90 bits per heavy atom. The summed E-state index contributed by atoms with van der Waals surface area (Å²) in [7, 11) is 1.78. The lowest BCUT2D eigenvalue weighted by molar-refractivity contribution is 0.102. The first kappa shape index (κ1) is 12.2. The Balaban J connectivity index is 2.01. The summed E-state index contributed by atoms with van der Waals surface area (Å²) in [5.74, 6) is 0.769. The Morgan fingerprint density at radius 1 is 1.30 bits per heavy atom. The van der Waals surface area contributed by atoms with E-state index in [9.17, 15) is 4.79 Å². The van der Waals surface area contributed by atoms with Gasteiger partial charge in [-0.1, -0.05) is 24.3 Å². The van der Waals surface area contributed by atoms with Gasteiger partial charge in [0.25, 0.3) is 5.91 Å². The molecular weight excluding hydrogens is 254 g/mol. The van der Waals surface area contributed by atoms with Crippen LogP contribution in [-0.4, -0.2) is 27.9 Å². The molecule has 0 fully saturated rings. The number of imidazole rings is 1. The van der Waals surface area contributed by atoms with E-state index in [1.54, 1.807) is 25.5 Å². The first-order valence-corrected chi connectivity index (χ1v) is 6.16. The van der Waals surface area contributed by atoms with E-state index in [0.717, 1.165) is 10.8 Å². The van der Waals surface area contributed by atoms with Crippen molar-refractivity contribution < 1.29 is 4.79 Å². The molecule has 0 spiro atoms. The van der Waals surface area contributed by atoms with Gasteiger partial charge >= 0.3 is 0 Å². The number of aromatic nitrogens is 3. The summed E-state index contributed by atoms with van der Waals surface area (Å²) in [6.07, 6.45) is 3.21. The lowest BCUT2D eigenvalue weighted by atomic mass is 10.1. The molecule has 3 N–H and O–H groups in total. The van der Waals surface area contributed by atoms with E-state index < -0.39 is 0 Å². The van der Waals surface area contributed by atoms with Crippen LogP contribution >= 0.6 is 0 Å². The van der Waals surface area contributed by atoms with E-state index in [2.05, 4.69) is 25.6 Å². The van der Waals surface area contributed by atoms with Crippen molar-refractivity contribution in [3.05, 3.63) is 48.4 Å². The van der Waals surface area contributed by atoms with E-state index in [1.165, 1.54) is 0 Å². The minimum atomic E-state index is -0.304. The highest BCUT2D eigenvalue weighted by Gasteiger charge is 2.12. The molecule has 0 atom stereocenters. The molecule has 2 aromatic heterocycles. The van der Waals surface area contributed by atoms with Gasteiger partial charge in [-0.15, -0.1) is 0 Å². The minimum Gasteiger partial charge on any atom is -0.373 e. The largest absolute Gasteiger partial charge is 0.373 e. The van der Waals surface area contributed by atoms with E-state index in [1.807, 2.05) is 24.3 Å². The van der Waals surface area contributed by atoms with Gasteiger partial charge in [-0.3, -0.25) is 10.1 Å². The lowest BCUT2D eigenvalue weighted by Crippen LogP contribution is -2.15. The Bertz CT molecular complexity index is 751. The topological polar surface area (TPSA) is 82.7 Å². The number of nitrogens with one attached hydrogen (secondary N) is 3. The number of rotatable bonds is 3. The molecule has 0 saturated heterocycles. The van der Waals surface area contributed by atoms with Gasteiger partial charge in [0.05, 0.1) is 0 Å². The molecule has 0 saturated carbocycles. The molecule has 20 heavy (non-hydrogen) atoms. The number of carbonyl (C=O) groups is 1. The second-order valence-electron chi connectivity index (χ2n) is 4.22. The average Bonchev–Trinajstić information content (AvgIpc) is 2.99. The van der Waals surface area contributed by atoms with Crippen LogP contribution in [0.15, 0.2) is 42.7 Å². The van der Waals surface area contributed by atoms with Crippen molar-refractivity contribution in [2.75, 3.05) is 17.7 Å². The van der Waals surface area contributed by atoms with Crippen LogP contribution in [0.25, 0.3) is 10.8 Å². The van der Waals surface area contributed by atoms with E-state index >= 15 is 0 Å². The maximum absolute atomic E-state index is 12.2. The van der Waals surface area contributed by atoms with Gasteiger partial charge in [-0.25, -0.2) is 9.97 Å². The quantitative estimate of drug-likeness (QED) is 0.679. The number of hydrogen-bond donors (Lipinski definition) is 3. The molecule has 2 heterocycles. The summed E-state index contributed by atoms with van der Waals surface area (Å²) in [5.41, 5.74) is 0.337. The maximum Gasteiger partial charge on any atom is 0.276 e. The molecule has 0 aliphatic carbocycles. The van der Waals surface area contributed by atoms with Gasteiger partial charge in [-0.2, -0.15) is 0 Å². The summed E-state index contributed by atoms with van der Waals surface area (Å²) in [6.45, 7) is 0. The molecule has 0 aliphatic rings. The second kappa shape index (κ2) is 5.00. The lowest BCUT2D eigenvalue weighted by Gasteiger charge is -2.08. The van der Waals surface area contributed by atoms with E-state index in [-0.39, 0.29) is 5.91 Å². The molecule has 1 amide bonds. The summed E-state index contributed by atoms with van der Waals surface area (Å²) in [6, 6.07) is 9.53. The summed E-state index contributed by atoms with van der Waals surface area (Å²) in [5, 5.41) is 7.60. The third-order valence-corrected chi connectivity index (χ3v) is 2.94. The molecule has 0 radical (unpaired) electrons. The van der Waals surface area contributed by atoms with Gasteiger partial charge in [0.15, 0.2) is 0 Å². The molecule has 3 aromatic rings. The number of pyridine rings is 1. The first-order chi connectivity index (χ1) is 9.78. The minimum absolute atomic E-state index is 0.304. The van der Waals surface area contributed by atoms with Gasteiger partial charge < -0.3 is 10.3 Å². The fourth-order valence-corrected chi connectivity index (χ4v) is 2.01. The number of hydrogen-bond acceptors (Lipinski definition) is 4. The second-order valence-corrected chi connectivity index (χ2v) is 4.22. The van der Waals surface area contributed by atoms with E-state index in [0.29, 0.717) is 17.5 Å². The van der Waals surface area contributed by atoms with Crippen LogP contribution in [-0.2, 0) is 0 Å². The van der Waals surface area contributed by atoms with E-state index in [4.69, 9.17) is 0 Å². The molecule has 0 bridgehead atoms. The van der Waals surface area contributed by atoms with Crippen molar-refractivity contribution >= 4 is 28.4 Å². The van der Waals surface area contributed by atoms with Crippen LogP contribution in [0.5, 0.6) is 0 Å². The molecular formula is C14H13N5O. The molecule has 1 aromatic carbocycles. The smallest absolute Gasteiger partial charge is 0.276 e. The van der Waals surface area contributed by atoms with Gasteiger partial charge in [0.1, 0.15) is 11.5 Å². The highest BCUT2D eigenvalue weighted by atomic mass is 16.2. The third-order valence-electron chi connectivity index (χ3n) is 2.94. The molecule has 100 valence electrons. The van der Waals surface area contributed by atoms with Crippen molar-refractivity contribution in [2.24, 2.45) is 0 Å². The van der Waals surface area contributed by atoms with Crippen LogP contribution in [0, 0.1) is 0 Å². The molecule has 6 heteroatoms. The first-order valence-electron chi connectivity index (χ1n) is 6.16. The zero-order valence-corrected chi connectivity index (χ0v) is 10.8. The highest BCUT2D eigenvalue weighted by molar-refractivity contribution is 6.05. The number of fused-ring (bicyclic) bond motifs is 1. The zero-order valence-electron chi connectivity index (χ0n) is 10.8. The Morgan fingerprint density at radius 2 is 2.15 bits per heavy atom. The zero-order chi connectivity index (χ0) is 13.9. The monoisotopic (exact) mass is 267 g/mol. The van der Waals surface area contributed by atoms with Crippen LogP contribution < -0.4 is 10.6 Å². The van der Waals surface area contributed by atoms with Crippen molar-refractivity contribution in [1.82, 2.24) is 15.0 Å². The van der Waals surface area contributed by atoms with Crippen molar-refractivity contribution in [3.8, 4) is 0 Å². The molecule has 6 nitrogen and oxygen atoms in total. The number of carbonyl (C=O) groups excluding carboxylic acids is 1. The highest BCUT2D eigenvalue weighted by Crippen LogP contribution is 2.22. The number of anilines is 2. The summed E-state index contributed by atoms with van der Waals surface area (Å²) >= 11 is 0. The fourth-order valence-electron chi connectivity index (χ4n) is 2.01. The Kier molecular flexibility index (Phi) is 3.04.